The monoisotopic (exact) mass is 272 g/mol. The molecular weight excluding hydrogens is 252 g/mol. The van der Waals surface area contributed by atoms with Crippen molar-refractivity contribution in [3.63, 3.8) is 0 Å². The molecule has 0 fully saturated rings. The van der Waals surface area contributed by atoms with Crippen LogP contribution in [0, 0.1) is 17.2 Å². The van der Waals surface area contributed by atoms with Crippen LogP contribution in [0.2, 0.25) is 0 Å². The van der Waals surface area contributed by atoms with E-state index in [-0.39, 0.29) is 6.10 Å². The molecule has 2 atom stereocenters. The van der Waals surface area contributed by atoms with Crippen molar-refractivity contribution in [3.05, 3.63) is 35.8 Å². The van der Waals surface area contributed by atoms with Gasteiger partial charge in [0.1, 0.15) is 11.7 Å². The second kappa shape index (κ2) is 6.51. The topological polar surface area (TPSA) is 73.3 Å². The van der Waals surface area contributed by atoms with Crippen molar-refractivity contribution in [1.29, 1.82) is 5.26 Å². The van der Waals surface area contributed by atoms with E-state index in [2.05, 4.69) is 23.3 Å². The van der Waals surface area contributed by atoms with Gasteiger partial charge in [-0.25, -0.2) is 4.98 Å². The van der Waals surface area contributed by atoms with Crippen LogP contribution >= 0.6 is 0 Å². The largest absolute Gasteiger partial charge is 0.393 e. The van der Waals surface area contributed by atoms with Crippen LogP contribution in [-0.4, -0.2) is 27.1 Å². The summed E-state index contributed by atoms with van der Waals surface area (Å²) in [7, 11) is 0. The van der Waals surface area contributed by atoms with Crippen LogP contribution in [0.5, 0.6) is 0 Å². The van der Waals surface area contributed by atoms with E-state index in [1.165, 1.54) is 0 Å². The lowest BCUT2D eigenvalue weighted by atomic mass is 10.0. The van der Waals surface area contributed by atoms with Gasteiger partial charge in [-0.2, -0.15) is 5.26 Å². The molecule has 2 heterocycles. The minimum atomic E-state index is -0.263. The van der Waals surface area contributed by atoms with Crippen LogP contribution in [0.3, 0.4) is 0 Å². The number of hydrogen-bond acceptors (Lipinski definition) is 4. The predicted molar refractivity (Wildman–Crippen MR) is 77.1 cm³/mol. The Hall–Kier alpha value is -1.90. The number of nitrogens with one attached hydrogen (secondary N) is 1. The fourth-order valence-electron chi connectivity index (χ4n) is 2.34. The van der Waals surface area contributed by atoms with Gasteiger partial charge >= 0.3 is 0 Å². The zero-order chi connectivity index (χ0) is 14.5. The molecule has 0 spiro atoms. The van der Waals surface area contributed by atoms with Gasteiger partial charge in [0.2, 0.25) is 0 Å². The van der Waals surface area contributed by atoms with Crippen LogP contribution in [0.4, 0.5) is 0 Å². The van der Waals surface area contributed by atoms with E-state index in [1.54, 1.807) is 12.3 Å². The maximum atomic E-state index is 9.33. The second-order valence-corrected chi connectivity index (χ2v) is 5.33. The van der Waals surface area contributed by atoms with Crippen molar-refractivity contribution in [2.75, 3.05) is 6.54 Å². The number of imidazole rings is 1. The molecule has 0 aromatic carbocycles. The molecule has 0 aliphatic heterocycles. The fourth-order valence-corrected chi connectivity index (χ4v) is 2.34. The number of aromatic nitrogens is 2. The van der Waals surface area contributed by atoms with Gasteiger partial charge < -0.3 is 14.8 Å². The molecule has 0 saturated heterocycles. The average Bonchev–Trinajstić information content (AvgIpc) is 2.80. The number of hydrogen-bond donors (Lipinski definition) is 2. The summed E-state index contributed by atoms with van der Waals surface area (Å²) in [5, 5.41) is 21.6. The maximum Gasteiger partial charge on any atom is 0.137 e. The molecule has 0 saturated carbocycles. The van der Waals surface area contributed by atoms with E-state index < -0.39 is 0 Å². The van der Waals surface area contributed by atoms with Crippen molar-refractivity contribution in [2.24, 2.45) is 5.92 Å². The van der Waals surface area contributed by atoms with Crippen LogP contribution in [-0.2, 0) is 6.54 Å². The van der Waals surface area contributed by atoms with Gasteiger partial charge in [-0.05, 0) is 37.9 Å². The summed E-state index contributed by atoms with van der Waals surface area (Å²) in [6, 6.07) is 5.75. The highest BCUT2D eigenvalue weighted by atomic mass is 16.3. The van der Waals surface area contributed by atoms with Crippen molar-refractivity contribution in [3.8, 4) is 6.07 Å². The predicted octanol–water partition coefficient (Wildman–Crippen LogP) is 1.70. The number of fused-ring (bicyclic) bond motifs is 1. The van der Waals surface area contributed by atoms with Crippen molar-refractivity contribution in [1.82, 2.24) is 14.7 Å². The summed E-state index contributed by atoms with van der Waals surface area (Å²) in [5.74, 6) is 0.420. The Morgan fingerprint density at radius 3 is 2.95 bits per heavy atom. The highest BCUT2D eigenvalue weighted by molar-refractivity contribution is 5.44. The lowest BCUT2D eigenvalue weighted by Crippen LogP contribution is -2.23. The zero-order valence-electron chi connectivity index (χ0n) is 11.9. The lowest BCUT2D eigenvalue weighted by molar-refractivity contribution is 0.163. The Labute approximate surface area is 118 Å². The fraction of sp³-hybridized carbons (Fsp3) is 0.467. The molecular formula is C15H20N4O. The molecule has 0 bridgehead atoms. The summed E-state index contributed by atoms with van der Waals surface area (Å²) >= 11 is 0. The number of nitrogens with zero attached hydrogens (tertiary/aromatic N) is 3. The summed E-state index contributed by atoms with van der Waals surface area (Å²) in [6.45, 7) is 5.46. The van der Waals surface area contributed by atoms with E-state index in [4.69, 9.17) is 5.26 Å². The molecule has 2 aromatic rings. The molecule has 5 nitrogen and oxygen atoms in total. The third-order valence-electron chi connectivity index (χ3n) is 3.25. The van der Waals surface area contributed by atoms with Gasteiger partial charge in [0, 0.05) is 12.7 Å². The Morgan fingerprint density at radius 1 is 1.45 bits per heavy atom. The summed E-state index contributed by atoms with van der Waals surface area (Å²) in [4.78, 5) is 4.31. The van der Waals surface area contributed by atoms with Crippen LogP contribution in [0.1, 0.15) is 31.5 Å². The third-order valence-corrected chi connectivity index (χ3v) is 3.25. The first-order valence-corrected chi connectivity index (χ1v) is 6.85. The van der Waals surface area contributed by atoms with E-state index in [0.29, 0.717) is 18.0 Å². The van der Waals surface area contributed by atoms with Gasteiger partial charge in [0.05, 0.1) is 23.6 Å². The minimum Gasteiger partial charge on any atom is -0.393 e. The van der Waals surface area contributed by atoms with Crippen molar-refractivity contribution in [2.45, 2.75) is 32.9 Å². The highest BCUT2D eigenvalue weighted by Gasteiger charge is 2.07. The van der Waals surface area contributed by atoms with Crippen molar-refractivity contribution < 1.29 is 5.11 Å². The Morgan fingerprint density at radius 2 is 2.25 bits per heavy atom. The number of pyridine rings is 1. The first kappa shape index (κ1) is 14.5. The van der Waals surface area contributed by atoms with E-state index in [9.17, 15) is 5.11 Å². The Bertz CT molecular complexity index is 612. The standard InChI is InChI=1S/C15H20N4O/c1-11(5-12(2)20)7-17-8-14-9-18-15-4-3-13(6-16)10-19(14)15/h3-4,9-12,17,20H,5,7-8H2,1-2H3. The molecule has 0 radical (unpaired) electrons. The smallest absolute Gasteiger partial charge is 0.137 e. The molecule has 2 aromatic heterocycles. The third kappa shape index (κ3) is 3.56. The normalized spacial score (nSPS) is 14.1. The molecule has 0 aliphatic carbocycles. The summed E-state index contributed by atoms with van der Waals surface area (Å²) in [5.41, 5.74) is 2.50. The Balaban J connectivity index is 1.98. The number of aliphatic hydroxyl groups is 1. The molecule has 106 valence electrons. The van der Waals surface area contributed by atoms with Gasteiger partial charge in [0.25, 0.3) is 0 Å². The molecule has 2 rings (SSSR count). The molecule has 0 amide bonds. The molecule has 2 N–H and O–H groups in total. The first-order chi connectivity index (χ1) is 9.60. The van der Waals surface area contributed by atoms with Gasteiger partial charge in [-0.3, -0.25) is 0 Å². The summed E-state index contributed by atoms with van der Waals surface area (Å²) in [6.07, 6.45) is 4.15. The van der Waals surface area contributed by atoms with E-state index in [1.807, 2.05) is 23.6 Å². The Kier molecular flexibility index (Phi) is 4.72. The van der Waals surface area contributed by atoms with Crippen LogP contribution < -0.4 is 5.32 Å². The first-order valence-electron chi connectivity index (χ1n) is 6.85. The van der Waals surface area contributed by atoms with Gasteiger partial charge in [0.15, 0.2) is 0 Å². The SMILES string of the molecule is CC(O)CC(C)CNCc1cnc2ccc(C#N)cn12. The summed E-state index contributed by atoms with van der Waals surface area (Å²) < 4.78 is 1.94. The van der Waals surface area contributed by atoms with Gasteiger partial charge in [-0.1, -0.05) is 6.92 Å². The number of rotatable bonds is 6. The van der Waals surface area contributed by atoms with E-state index in [0.717, 1.165) is 24.3 Å². The number of aliphatic hydroxyl groups excluding tert-OH is 1. The van der Waals surface area contributed by atoms with Crippen molar-refractivity contribution >= 4 is 5.65 Å². The van der Waals surface area contributed by atoms with Gasteiger partial charge in [-0.15, -0.1) is 0 Å². The highest BCUT2D eigenvalue weighted by Crippen LogP contribution is 2.09. The molecule has 20 heavy (non-hydrogen) atoms. The minimum absolute atomic E-state index is 0.263. The number of nitriles is 1. The van der Waals surface area contributed by atoms with Crippen LogP contribution in [0.15, 0.2) is 24.5 Å². The lowest BCUT2D eigenvalue weighted by Gasteiger charge is -2.14. The average molecular weight is 272 g/mol. The quantitative estimate of drug-likeness (QED) is 0.839. The maximum absolute atomic E-state index is 9.33. The molecule has 5 heteroatoms. The molecule has 2 unspecified atom stereocenters. The molecule has 0 aliphatic rings. The second-order valence-electron chi connectivity index (χ2n) is 5.33. The zero-order valence-corrected chi connectivity index (χ0v) is 11.9. The van der Waals surface area contributed by atoms with Crippen LogP contribution in [0.25, 0.3) is 5.65 Å². The van der Waals surface area contributed by atoms with E-state index >= 15 is 0 Å².